The van der Waals surface area contributed by atoms with Gasteiger partial charge in [0.2, 0.25) is 0 Å². The topological polar surface area (TPSA) is 9.23 Å². The van der Waals surface area contributed by atoms with Crippen molar-refractivity contribution >= 4 is 18.4 Å². The van der Waals surface area contributed by atoms with E-state index < -0.39 is 18.4 Å². The van der Waals surface area contributed by atoms with Gasteiger partial charge in [-0.25, -0.2) is 0 Å². The summed E-state index contributed by atoms with van der Waals surface area (Å²) in [5.41, 5.74) is 0. The van der Waals surface area contributed by atoms with Gasteiger partial charge in [0.1, 0.15) is 0 Å². The van der Waals surface area contributed by atoms with Crippen molar-refractivity contribution in [2.24, 2.45) is 0 Å². The van der Waals surface area contributed by atoms with E-state index in [1.807, 2.05) is 13.2 Å². The van der Waals surface area contributed by atoms with E-state index in [0.717, 1.165) is 6.61 Å². The number of hydrogen-bond acceptors (Lipinski definition) is 1. The molecule has 0 saturated carbocycles. The molecule has 0 aliphatic rings. The fourth-order valence-corrected chi connectivity index (χ4v) is 1.79. The Morgan fingerprint density at radius 3 is 2.22 bits per heavy atom. The predicted octanol–water partition coefficient (Wildman–Crippen LogP) is 2.41. The van der Waals surface area contributed by atoms with E-state index in [1.54, 1.807) is 0 Å². The molecule has 0 rings (SSSR count). The fraction of sp³-hybridized carbons (Fsp3) is 0.714. The van der Waals surface area contributed by atoms with Crippen molar-refractivity contribution in [3.05, 3.63) is 10.4 Å². The van der Waals surface area contributed by atoms with Gasteiger partial charge in [-0.3, -0.25) is 0 Å². The molecular weight excluding hydrogens is 219 g/mol. The van der Waals surface area contributed by atoms with Crippen molar-refractivity contribution in [2.45, 2.75) is 21.7 Å². The Balaban J connectivity index is 3.45. The van der Waals surface area contributed by atoms with E-state index in [2.05, 4.69) is 18.9 Å². The first-order valence-electron chi connectivity index (χ1n) is 3.35. The Morgan fingerprint density at radius 2 is 1.89 bits per heavy atom. The van der Waals surface area contributed by atoms with Gasteiger partial charge in [-0.2, -0.15) is 0 Å². The van der Waals surface area contributed by atoms with Gasteiger partial charge in [-0.05, 0) is 0 Å². The van der Waals surface area contributed by atoms with E-state index >= 15 is 0 Å². The molecule has 0 amide bonds. The van der Waals surface area contributed by atoms with Crippen LogP contribution in [-0.2, 0) is 4.74 Å². The summed E-state index contributed by atoms with van der Waals surface area (Å²) in [7, 11) is 0. The maximum absolute atomic E-state index is 5.08. The van der Waals surface area contributed by atoms with Gasteiger partial charge in [0.15, 0.2) is 0 Å². The Bertz CT molecular complexity index is 91.6. The van der Waals surface area contributed by atoms with E-state index in [1.165, 1.54) is 0 Å². The van der Waals surface area contributed by atoms with Crippen LogP contribution in [0.2, 0.25) is 14.8 Å². The van der Waals surface area contributed by atoms with Crippen molar-refractivity contribution in [3.63, 3.8) is 0 Å². The zero-order valence-corrected chi connectivity index (χ0v) is 9.62. The molecule has 0 aliphatic carbocycles. The third-order valence-electron chi connectivity index (χ3n) is 0.831. The van der Waals surface area contributed by atoms with Gasteiger partial charge >= 0.3 is 61.8 Å². The van der Waals surface area contributed by atoms with E-state index in [9.17, 15) is 0 Å². The third-order valence-corrected chi connectivity index (χ3v) is 4.07. The summed E-state index contributed by atoms with van der Waals surface area (Å²) in [6.45, 7) is 2.79. The number of ether oxygens (including phenoxy) is 1. The van der Waals surface area contributed by atoms with Crippen LogP contribution in [-0.4, -0.2) is 25.0 Å². The Labute approximate surface area is 62.0 Å². The van der Waals surface area contributed by atoms with Crippen LogP contribution < -0.4 is 0 Å². The molecule has 0 atom stereocenters. The van der Waals surface area contributed by atoms with Gasteiger partial charge in [-0.1, -0.05) is 0 Å². The predicted molar refractivity (Wildman–Crippen MR) is 44.1 cm³/mol. The SMILES string of the molecule is CCOC=[CH][Sn]([CH3])([CH3])[CH3]. The standard InChI is InChI=1S/C4H7O.3CH3.Sn/c1-3-5-4-2;;;;/h1,3H,4H2,2H3;3*1H3;. The zero-order valence-electron chi connectivity index (χ0n) is 6.77. The van der Waals surface area contributed by atoms with Crippen molar-refractivity contribution in [1.29, 1.82) is 0 Å². The van der Waals surface area contributed by atoms with Gasteiger partial charge in [0, 0.05) is 0 Å². The molecule has 2 heteroatoms. The quantitative estimate of drug-likeness (QED) is 0.539. The molecule has 0 aliphatic heterocycles. The van der Waals surface area contributed by atoms with Crippen molar-refractivity contribution in [3.8, 4) is 0 Å². The fourth-order valence-electron chi connectivity index (χ4n) is 0.348. The molecule has 0 spiro atoms. The van der Waals surface area contributed by atoms with Crippen LogP contribution in [0.5, 0.6) is 0 Å². The normalized spacial score (nSPS) is 12.4. The molecule has 0 radical (unpaired) electrons. The van der Waals surface area contributed by atoms with Crippen LogP contribution in [0.15, 0.2) is 10.4 Å². The molecule has 0 aromatic carbocycles. The molecule has 0 bridgehead atoms. The summed E-state index contributed by atoms with van der Waals surface area (Å²) in [6.07, 6.45) is 1.86. The first-order chi connectivity index (χ1) is 4.06. The molecule has 0 fully saturated rings. The molecule has 54 valence electrons. The molecule has 0 aromatic rings. The minimum absolute atomic E-state index is 0.790. The van der Waals surface area contributed by atoms with E-state index in [0.29, 0.717) is 0 Å². The second kappa shape index (κ2) is 4.20. The maximum atomic E-state index is 5.08. The molecule has 0 N–H and O–H groups in total. The van der Waals surface area contributed by atoms with Crippen LogP contribution in [0.4, 0.5) is 0 Å². The van der Waals surface area contributed by atoms with Crippen LogP contribution in [0.1, 0.15) is 6.92 Å². The Morgan fingerprint density at radius 1 is 1.33 bits per heavy atom. The van der Waals surface area contributed by atoms with Crippen molar-refractivity contribution in [1.82, 2.24) is 0 Å². The zero-order chi connectivity index (χ0) is 7.33. The summed E-state index contributed by atoms with van der Waals surface area (Å²) in [5, 5.41) is 0. The first kappa shape index (κ1) is 9.34. The van der Waals surface area contributed by atoms with Crippen LogP contribution >= 0.6 is 0 Å². The monoisotopic (exact) mass is 236 g/mol. The molecule has 0 heterocycles. The van der Waals surface area contributed by atoms with E-state index in [-0.39, 0.29) is 0 Å². The molecule has 0 saturated heterocycles. The summed E-state index contributed by atoms with van der Waals surface area (Å²) < 4.78 is 7.34. The molecule has 0 aromatic heterocycles. The summed E-state index contributed by atoms with van der Waals surface area (Å²) in [6, 6.07) is 0. The van der Waals surface area contributed by atoms with Gasteiger partial charge in [0.25, 0.3) is 0 Å². The Kier molecular flexibility index (Phi) is 4.36. The van der Waals surface area contributed by atoms with Gasteiger partial charge in [0.05, 0.1) is 0 Å². The van der Waals surface area contributed by atoms with Gasteiger partial charge in [-0.15, -0.1) is 0 Å². The average molecular weight is 235 g/mol. The van der Waals surface area contributed by atoms with E-state index in [4.69, 9.17) is 4.74 Å². The Hall–Kier alpha value is 0.339. The van der Waals surface area contributed by atoms with Crippen molar-refractivity contribution < 1.29 is 4.74 Å². The van der Waals surface area contributed by atoms with Crippen molar-refractivity contribution in [2.75, 3.05) is 6.61 Å². The molecule has 9 heavy (non-hydrogen) atoms. The first-order valence-corrected chi connectivity index (χ1v) is 13.6. The number of hydrogen-bond donors (Lipinski definition) is 0. The number of rotatable bonds is 3. The second-order valence-electron chi connectivity index (χ2n) is 3.12. The summed E-state index contributed by atoms with van der Waals surface area (Å²) in [4.78, 5) is 7.05. The van der Waals surface area contributed by atoms with Crippen LogP contribution in [0.3, 0.4) is 0 Å². The van der Waals surface area contributed by atoms with Gasteiger partial charge < -0.3 is 0 Å². The second-order valence-corrected chi connectivity index (χ2v) is 17.6. The van der Waals surface area contributed by atoms with Crippen LogP contribution in [0.25, 0.3) is 0 Å². The van der Waals surface area contributed by atoms with Crippen LogP contribution in [0, 0.1) is 0 Å². The molecular formula is C7H16OSn. The minimum atomic E-state index is -1.64. The molecule has 1 nitrogen and oxygen atoms in total. The summed E-state index contributed by atoms with van der Waals surface area (Å²) >= 11 is -1.64. The summed E-state index contributed by atoms with van der Waals surface area (Å²) in [5.74, 6) is 0. The third kappa shape index (κ3) is 8.34. The molecule has 0 unspecified atom stereocenters. The average Bonchev–Trinajstić information content (AvgIpc) is 1.63.